The summed E-state index contributed by atoms with van der Waals surface area (Å²) < 4.78 is 0. The highest BCUT2D eigenvalue weighted by Gasteiger charge is 2.43. The quantitative estimate of drug-likeness (QED) is 0.906. The van der Waals surface area contributed by atoms with Gasteiger partial charge in [0.05, 0.1) is 5.41 Å². The molecule has 3 heteroatoms. The SMILES string of the molecule is O=C(O)C1(c2cccc(N3CCCC3)c2)CCCC1. The van der Waals surface area contributed by atoms with E-state index in [-0.39, 0.29) is 0 Å². The van der Waals surface area contributed by atoms with Crippen LogP contribution in [0.4, 0.5) is 5.69 Å². The van der Waals surface area contributed by atoms with Crippen LogP contribution in [0.2, 0.25) is 0 Å². The Hall–Kier alpha value is -1.51. The summed E-state index contributed by atoms with van der Waals surface area (Å²) in [5.41, 5.74) is 1.57. The normalized spacial score (nSPS) is 21.8. The molecule has 0 amide bonds. The van der Waals surface area contributed by atoms with Gasteiger partial charge in [0.25, 0.3) is 0 Å². The maximum atomic E-state index is 11.7. The number of benzene rings is 1. The van der Waals surface area contributed by atoms with Crippen LogP contribution in [0.5, 0.6) is 0 Å². The number of hydrogen-bond donors (Lipinski definition) is 1. The third kappa shape index (κ3) is 2.11. The van der Waals surface area contributed by atoms with Crippen molar-refractivity contribution in [2.24, 2.45) is 0 Å². The van der Waals surface area contributed by atoms with Crippen LogP contribution in [0.15, 0.2) is 24.3 Å². The van der Waals surface area contributed by atoms with Crippen molar-refractivity contribution in [3.05, 3.63) is 29.8 Å². The van der Waals surface area contributed by atoms with E-state index in [0.717, 1.165) is 44.3 Å². The summed E-state index contributed by atoms with van der Waals surface area (Å²) in [5, 5.41) is 9.66. The molecule has 2 aliphatic rings. The van der Waals surface area contributed by atoms with Crippen LogP contribution in [-0.2, 0) is 10.2 Å². The number of rotatable bonds is 3. The van der Waals surface area contributed by atoms with E-state index in [1.165, 1.54) is 18.5 Å². The van der Waals surface area contributed by atoms with Crippen molar-refractivity contribution in [2.45, 2.75) is 43.9 Å². The van der Waals surface area contributed by atoms with E-state index in [1.807, 2.05) is 12.1 Å². The molecule has 102 valence electrons. The molecule has 1 aliphatic carbocycles. The van der Waals surface area contributed by atoms with Crippen molar-refractivity contribution >= 4 is 11.7 Å². The third-order valence-corrected chi connectivity index (χ3v) is 4.74. The van der Waals surface area contributed by atoms with Crippen LogP contribution in [-0.4, -0.2) is 24.2 Å². The van der Waals surface area contributed by atoms with Crippen molar-refractivity contribution < 1.29 is 9.90 Å². The van der Waals surface area contributed by atoms with Crippen LogP contribution in [0.3, 0.4) is 0 Å². The molecule has 3 rings (SSSR count). The summed E-state index contributed by atoms with van der Waals surface area (Å²) in [7, 11) is 0. The van der Waals surface area contributed by atoms with Gasteiger partial charge in [-0.25, -0.2) is 0 Å². The lowest BCUT2D eigenvalue weighted by atomic mass is 9.79. The molecule has 0 spiro atoms. The molecule has 1 aromatic carbocycles. The Kier molecular flexibility index (Phi) is 3.21. The smallest absolute Gasteiger partial charge is 0.314 e. The van der Waals surface area contributed by atoms with Crippen LogP contribution >= 0.6 is 0 Å². The predicted molar refractivity (Wildman–Crippen MR) is 75.7 cm³/mol. The topological polar surface area (TPSA) is 40.5 Å². The van der Waals surface area contributed by atoms with E-state index in [4.69, 9.17) is 0 Å². The first-order valence-corrected chi connectivity index (χ1v) is 7.31. The summed E-state index contributed by atoms with van der Waals surface area (Å²) >= 11 is 0. The van der Waals surface area contributed by atoms with Gasteiger partial charge >= 0.3 is 5.97 Å². The molecule has 0 atom stereocenters. The van der Waals surface area contributed by atoms with Gasteiger partial charge in [0.15, 0.2) is 0 Å². The lowest BCUT2D eigenvalue weighted by Crippen LogP contribution is -2.32. The van der Waals surface area contributed by atoms with Crippen LogP contribution in [0.1, 0.15) is 44.1 Å². The first kappa shape index (κ1) is 12.5. The summed E-state index contributed by atoms with van der Waals surface area (Å²) in [6, 6.07) is 8.25. The van der Waals surface area contributed by atoms with E-state index in [0.29, 0.717) is 0 Å². The number of anilines is 1. The first-order valence-electron chi connectivity index (χ1n) is 7.31. The van der Waals surface area contributed by atoms with Crippen LogP contribution in [0, 0.1) is 0 Å². The number of carboxylic acid groups (broad SMARTS) is 1. The fraction of sp³-hybridized carbons (Fsp3) is 0.562. The van der Waals surface area contributed by atoms with E-state index >= 15 is 0 Å². The molecule has 1 saturated heterocycles. The Bertz CT molecular complexity index is 471. The van der Waals surface area contributed by atoms with Gasteiger partial charge in [0.1, 0.15) is 0 Å². The molecule has 0 bridgehead atoms. The van der Waals surface area contributed by atoms with Crippen molar-refractivity contribution in [3.63, 3.8) is 0 Å². The fourth-order valence-corrected chi connectivity index (χ4v) is 3.58. The molecule has 1 saturated carbocycles. The minimum atomic E-state index is -0.649. The molecule has 1 N–H and O–H groups in total. The maximum Gasteiger partial charge on any atom is 0.314 e. The molecule has 0 radical (unpaired) electrons. The first-order chi connectivity index (χ1) is 9.22. The van der Waals surface area contributed by atoms with Gasteiger partial charge in [0.2, 0.25) is 0 Å². The second-order valence-electron chi connectivity index (χ2n) is 5.84. The van der Waals surface area contributed by atoms with Gasteiger partial charge in [-0.1, -0.05) is 25.0 Å². The molecule has 1 aromatic rings. The molecule has 3 nitrogen and oxygen atoms in total. The third-order valence-electron chi connectivity index (χ3n) is 4.74. The lowest BCUT2D eigenvalue weighted by Gasteiger charge is -2.26. The van der Waals surface area contributed by atoms with E-state index < -0.39 is 11.4 Å². The Morgan fingerprint density at radius 3 is 2.42 bits per heavy atom. The average molecular weight is 259 g/mol. The Morgan fingerprint density at radius 1 is 1.11 bits per heavy atom. The predicted octanol–water partition coefficient (Wildman–Crippen LogP) is 3.18. The van der Waals surface area contributed by atoms with E-state index in [1.54, 1.807) is 0 Å². The molecule has 19 heavy (non-hydrogen) atoms. The number of aliphatic carboxylic acids is 1. The molecule has 1 heterocycles. The zero-order valence-corrected chi connectivity index (χ0v) is 11.3. The summed E-state index contributed by atoms with van der Waals surface area (Å²) in [6.45, 7) is 2.20. The second-order valence-corrected chi connectivity index (χ2v) is 5.84. The molecule has 2 fully saturated rings. The van der Waals surface area contributed by atoms with Crippen molar-refractivity contribution in [2.75, 3.05) is 18.0 Å². The Labute approximate surface area is 114 Å². The Morgan fingerprint density at radius 2 is 1.79 bits per heavy atom. The van der Waals surface area contributed by atoms with E-state index in [9.17, 15) is 9.90 Å². The number of carbonyl (C=O) groups is 1. The van der Waals surface area contributed by atoms with Crippen LogP contribution in [0.25, 0.3) is 0 Å². The minimum Gasteiger partial charge on any atom is -0.481 e. The zero-order chi connectivity index (χ0) is 13.3. The summed E-state index contributed by atoms with van der Waals surface area (Å²) in [4.78, 5) is 14.1. The van der Waals surface area contributed by atoms with Gasteiger partial charge < -0.3 is 10.0 Å². The van der Waals surface area contributed by atoms with Gasteiger partial charge in [-0.05, 0) is 43.4 Å². The fourth-order valence-electron chi connectivity index (χ4n) is 3.58. The van der Waals surface area contributed by atoms with Gasteiger partial charge in [-0.3, -0.25) is 4.79 Å². The molecular weight excluding hydrogens is 238 g/mol. The highest BCUT2D eigenvalue weighted by molar-refractivity contribution is 5.82. The molecule has 0 aromatic heterocycles. The molecule has 1 aliphatic heterocycles. The molecule has 0 unspecified atom stereocenters. The maximum absolute atomic E-state index is 11.7. The van der Waals surface area contributed by atoms with Gasteiger partial charge in [0, 0.05) is 18.8 Å². The average Bonchev–Trinajstić information content (AvgIpc) is 3.11. The van der Waals surface area contributed by atoms with E-state index in [2.05, 4.69) is 17.0 Å². The number of hydrogen-bond acceptors (Lipinski definition) is 2. The van der Waals surface area contributed by atoms with Gasteiger partial charge in [-0.2, -0.15) is 0 Å². The lowest BCUT2D eigenvalue weighted by molar-refractivity contribution is -0.143. The standard InChI is InChI=1S/C16H21NO2/c18-15(19)16(8-1-2-9-16)13-6-5-7-14(12-13)17-10-3-4-11-17/h5-7,12H,1-4,8-11H2,(H,18,19). The van der Waals surface area contributed by atoms with Crippen molar-refractivity contribution in [3.8, 4) is 0 Å². The second kappa shape index (κ2) is 4.87. The molecular formula is C16H21NO2. The highest BCUT2D eigenvalue weighted by atomic mass is 16.4. The Balaban J connectivity index is 1.95. The van der Waals surface area contributed by atoms with Crippen molar-refractivity contribution in [1.82, 2.24) is 0 Å². The van der Waals surface area contributed by atoms with Crippen molar-refractivity contribution in [1.29, 1.82) is 0 Å². The zero-order valence-electron chi connectivity index (χ0n) is 11.3. The minimum absolute atomic E-state index is 0.629. The monoisotopic (exact) mass is 259 g/mol. The highest BCUT2D eigenvalue weighted by Crippen LogP contribution is 2.42. The summed E-state index contributed by atoms with van der Waals surface area (Å²) in [5.74, 6) is -0.649. The number of nitrogens with zero attached hydrogens (tertiary/aromatic N) is 1. The van der Waals surface area contributed by atoms with Crippen LogP contribution < -0.4 is 4.90 Å². The largest absolute Gasteiger partial charge is 0.481 e. The number of carboxylic acids is 1. The summed E-state index contributed by atoms with van der Waals surface area (Å²) in [6.07, 6.45) is 6.11. The van der Waals surface area contributed by atoms with Gasteiger partial charge in [-0.15, -0.1) is 0 Å².